The zero-order valence-electron chi connectivity index (χ0n) is 9.02. The van der Waals surface area contributed by atoms with Gasteiger partial charge >= 0.3 is 0 Å². The molecule has 0 atom stereocenters. The molecule has 0 aliphatic rings. The van der Waals surface area contributed by atoms with Gasteiger partial charge in [-0.25, -0.2) is 0 Å². The van der Waals surface area contributed by atoms with Gasteiger partial charge in [0.05, 0.1) is 5.69 Å². The van der Waals surface area contributed by atoms with E-state index in [1.807, 2.05) is 42.6 Å². The number of nitrogens with one attached hydrogen (secondary N) is 1. The van der Waals surface area contributed by atoms with Crippen molar-refractivity contribution >= 4 is 22.6 Å². The van der Waals surface area contributed by atoms with Crippen LogP contribution >= 0.6 is 11.6 Å². The molecule has 0 aliphatic carbocycles. The number of halogens is 1. The topological polar surface area (TPSA) is 41.6 Å². The molecule has 3 rings (SSSR count). The second-order valence-electron chi connectivity index (χ2n) is 3.84. The van der Waals surface area contributed by atoms with Gasteiger partial charge in [-0.15, -0.1) is 21.8 Å². The van der Waals surface area contributed by atoms with Gasteiger partial charge in [-0.3, -0.25) is 0 Å². The van der Waals surface area contributed by atoms with Crippen LogP contribution in [0.25, 0.3) is 22.3 Å². The molecular formula is C13H10ClN3. The number of hydrogen-bond donors (Lipinski definition) is 1. The second kappa shape index (κ2) is 4.18. The fourth-order valence-corrected chi connectivity index (χ4v) is 1.94. The molecule has 1 aromatic carbocycles. The Hall–Kier alpha value is -1.87. The van der Waals surface area contributed by atoms with Gasteiger partial charge in [0.15, 0.2) is 5.65 Å². The summed E-state index contributed by atoms with van der Waals surface area (Å²) >= 11 is 5.76. The van der Waals surface area contributed by atoms with Crippen molar-refractivity contribution in [3.05, 3.63) is 48.2 Å². The summed E-state index contributed by atoms with van der Waals surface area (Å²) in [6, 6.07) is 12.0. The summed E-state index contributed by atoms with van der Waals surface area (Å²) in [5, 5.41) is 9.39. The van der Waals surface area contributed by atoms with Crippen molar-refractivity contribution in [3.8, 4) is 11.3 Å². The number of aromatic nitrogens is 3. The van der Waals surface area contributed by atoms with E-state index in [-0.39, 0.29) is 0 Å². The van der Waals surface area contributed by atoms with Crippen LogP contribution in [-0.2, 0) is 5.88 Å². The first-order valence-corrected chi connectivity index (χ1v) is 5.86. The predicted molar refractivity (Wildman–Crippen MR) is 68.9 cm³/mol. The smallest absolute Gasteiger partial charge is 0.159 e. The maximum Gasteiger partial charge on any atom is 0.159 e. The lowest BCUT2D eigenvalue weighted by Crippen LogP contribution is -1.88. The first-order valence-electron chi connectivity index (χ1n) is 5.33. The van der Waals surface area contributed by atoms with Crippen molar-refractivity contribution in [2.75, 3.05) is 0 Å². The van der Waals surface area contributed by atoms with Crippen molar-refractivity contribution in [1.82, 2.24) is 15.2 Å². The standard InChI is InChI=1S/C13H10ClN3/c14-8-9-1-3-10(4-2-9)12-7-11-5-6-15-13(11)17-16-12/h1-7H,8H2,(H,15,17). The van der Waals surface area contributed by atoms with Crippen LogP contribution < -0.4 is 0 Å². The van der Waals surface area contributed by atoms with E-state index in [1.54, 1.807) is 0 Å². The van der Waals surface area contributed by atoms with E-state index >= 15 is 0 Å². The Kier molecular flexibility index (Phi) is 2.53. The molecule has 0 spiro atoms. The molecule has 1 N–H and O–H groups in total. The molecule has 0 amide bonds. The zero-order valence-corrected chi connectivity index (χ0v) is 9.78. The molecule has 3 nitrogen and oxygen atoms in total. The Morgan fingerprint density at radius 1 is 1.06 bits per heavy atom. The van der Waals surface area contributed by atoms with E-state index in [9.17, 15) is 0 Å². The Morgan fingerprint density at radius 3 is 2.65 bits per heavy atom. The quantitative estimate of drug-likeness (QED) is 0.701. The van der Waals surface area contributed by atoms with Gasteiger partial charge in [-0.2, -0.15) is 0 Å². The zero-order chi connectivity index (χ0) is 11.7. The molecule has 0 bridgehead atoms. The normalized spacial score (nSPS) is 10.9. The van der Waals surface area contributed by atoms with Gasteiger partial charge in [-0.1, -0.05) is 24.3 Å². The molecule has 0 saturated carbocycles. The Bertz CT molecular complexity index is 643. The van der Waals surface area contributed by atoms with E-state index in [1.165, 1.54) is 0 Å². The molecule has 2 heterocycles. The molecule has 0 aliphatic heterocycles. The highest BCUT2D eigenvalue weighted by molar-refractivity contribution is 6.17. The van der Waals surface area contributed by atoms with Gasteiger partial charge in [0.1, 0.15) is 0 Å². The maximum absolute atomic E-state index is 5.76. The van der Waals surface area contributed by atoms with Crippen LogP contribution in [0.15, 0.2) is 42.6 Å². The fraction of sp³-hybridized carbons (Fsp3) is 0.0769. The summed E-state index contributed by atoms with van der Waals surface area (Å²) < 4.78 is 0. The lowest BCUT2D eigenvalue weighted by Gasteiger charge is -2.01. The van der Waals surface area contributed by atoms with Gasteiger partial charge < -0.3 is 4.98 Å². The molecule has 0 radical (unpaired) electrons. The number of fused-ring (bicyclic) bond motifs is 1. The highest BCUT2D eigenvalue weighted by atomic mass is 35.5. The summed E-state index contributed by atoms with van der Waals surface area (Å²) in [6.07, 6.45) is 1.86. The largest absolute Gasteiger partial charge is 0.345 e. The van der Waals surface area contributed by atoms with Crippen LogP contribution in [0.4, 0.5) is 0 Å². The summed E-state index contributed by atoms with van der Waals surface area (Å²) in [5.74, 6) is 0.531. The lowest BCUT2D eigenvalue weighted by atomic mass is 10.1. The molecule has 4 heteroatoms. The van der Waals surface area contributed by atoms with Crippen molar-refractivity contribution in [2.24, 2.45) is 0 Å². The first-order chi connectivity index (χ1) is 8.36. The Morgan fingerprint density at radius 2 is 1.88 bits per heavy atom. The summed E-state index contributed by atoms with van der Waals surface area (Å²) in [7, 11) is 0. The van der Waals surface area contributed by atoms with E-state index in [0.717, 1.165) is 27.9 Å². The van der Waals surface area contributed by atoms with E-state index in [4.69, 9.17) is 11.6 Å². The highest BCUT2D eigenvalue weighted by Gasteiger charge is 2.03. The van der Waals surface area contributed by atoms with E-state index < -0.39 is 0 Å². The third-order valence-electron chi connectivity index (χ3n) is 2.71. The Labute approximate surface area is 103 Å². The Balaban J connectivity index is 2.06. The van der Waals surface area contributed by atoms with Gasteiger partial charge in [0, 0.05) is 23.0 Å². The van der Waals surface area contributed by atoms with Crippen LogP contribution in [0.2, 0.25) is 0 Å². The minimum atomic E-state index is 0.531. The molecular weight excluding hydrogens is 234 g/mol. The molecule has 2 aromatic heterocycles. The monoisotopic (exact) mass is 243 g/mol. The lowest BCUT2D eigenvalue weighted by molar-refractivity contribution is 1.06. The summed E-state index contributed by atoms with van der Waals surface area (Å²) in [5.41, 5.74) is 3.84. The first kappa shape index (κ1) is 10.3. The third-order valence-corrected chi connectivity index (χ3v) is 3.02. The number of benzene rings is 1. The van der Waals surface area contributed by atoms with Gasteiger partial charge in [0.2, 0.25) is 0 Å². The van der Waals surface area contributed by atoms with Crippen LogP contribution in [0.3, 0.4) is 0 Å². The van der Waals surface area contributed by atoms with Crippen molar-refractivity contribution < 1.29 is 0 Å². The number of aromatic amines is 1. The maximum atomic E-state index is 5.76. The van der Waals surface area contributed by atoms with Crippen molar-refractivity contribution in [2.45, 2.75) is 5.88 Å². The molecule has 0 unspecified atom stereocenters. The SMILES string of the molecule is ClCc1ccc(-c2cc3cc[nH]c3nn2)cc1. The molecule has 0 fully saturated rings. The van der Waals surface area contributed by atoms with Crippen LogP contribution in [0.5, 0.6) is 0 Å². The predicted octanol–water partition coefficient (Wildman–Crippen LogP) is 3.36. The molecule has 0 saturated heterocycles. The third kappa shape index (κ3) is 1.89. The number of H-pyrrole nitrogens is 1. The van der Waals surface area contributed by atoms with Crippen molar-refractivity contribution in [3.63, 3.8) is 0 Å². The van der Waals surface area contributed by atoms with Crippen molar-refractivity contribution in [1.29, 1.82) is 0 Å². The number of hydrogen-bond acceptors (Lipinski definition) is 2. The van der Waals surface area contributed by atoms with Gasteiger partial charge in [0.25, 0.3) is 0 Å². The molecule has 3 aromatic rings. The van der Waals surface area contributed by atoms with Crippen LogP contribution in [0, 0.1) is 0 Å². The highest BCUT2D eigenvalue weighted by Crippen LogP contribution is 2.20. The van der Waals surface area contributed by atoms with Gasteiger partial charge in [-0.05, 0) is 17.7 Å². The van der Waals surface area contributed by atoms with Crippen LogP contribution in [0.1, 0.15) is 5.56 Å². The minimum Gasteiger partial charge on any atom is -0.345 e. The summed E-state index contributed by atoms with van der Waals surface area (Å²) in [4.78, 5) is 3.03. The fourth-order valence-electron chi connectivity index (χ4n) is 1.76. The second-order valence-corrected chi connectivity index (χ2v) is 4.11. The molecule has 84 valence electrons. The van der Waals surface area contributed by atoms with E-state index in [0.29, 0.717) is 5.88 Å². The number of nitrogens with zero attached hydrogens (tertiary/aromatic N) is 2. The average Bonchev–Trinajstić information content (AvgIpc) is 2.86. The summed E-state index contributed by atoms with van der Waals surface area (Å²) in [6.45, 7) is 0. The average molecular weight is 244 g/mol. The molecule has 17 heavy (non-hydrogen) atoms. The number of alkyl halides is 1. The number of rotatable bonds is 2. The van der Waals surface area contributed by atoms with Crippen LogP contribution in [-0.4, -0.2) is 15.2 Å². The minimum absolute atomic E-state index is 0.531. The van der Waals surface area contributed by atoms with E-state index in [2.05, 4.69) is 15.2 Å².